The standard InChI is InChI=1S/C29H42ClN3O4/c1-19(2)24(33(20(3)34)25(35)21-11-13-28(17-21)12-6-15-31-28)26(36)32-16-14-29(37,27(4,5)18-32)22-7-9-23(30)10-8-22/h7-10,19,21,24,31,37H,6,11-18H2,1-5H3/t21-,24-,28?,29+/m1/s1. The quantitative estimate of drug-likeness (QED) is 0.597. The molecule has 4 atom stereocenters. The number of hydrogen-bond donors (Lipinski definition) is 2. The van der Waals surface area contributed by atoms with E-state index in [1.165, 1.54) is 11.8 Å². The molecule has 2 saturated heterocycles. The van der Waals surface area contributed by atoms with Gasteiger partial charge >= 0.3 is 0 Å². The number of carbonyl (C=O) groups is 3. The Labute approximate surface area is 225 Å². The van der Waals surface area contributed by atoms with Gasteiger partial charge in [0.05, 0.1) is 5.60 Å². The number of imide groups is 1. The zero-order chi connectivity index (χ0) is 27.2. The Morgan fingerprint density at radius 2 is 1.81 bits per heavy atom. The molecule has 0 radical (unpaired) electrons. The third-order valence-corrected chi connectivity index (χ3v) is 9.36. The second-order valence-corrected chi connectivity index (χ2v) is 12.9. The number of carbonyl (C=O) groups excluding carboxylic acids is 3. The van der Waals surface area contributed by atoms with Gasteiger partial charge in [-0.15, -0.1) is 0 Å². The molecular formula is C29H42ClN3O4. The van der Waals surface area contributed by atoms with Crippen molar-refractivity contribution >= 4 is 29.3 Å². The van der Waals surface area contributed by atoms with Crippen LogP contribution in [0.5, 0.6) is 0 Å². The van der Waals surface area contributed by atoms with Crippen LogP contribution in [0.15, 0.2) is 24.3 Å². The van der Waals surface area contributed by atoms with Crippen molar-refractivity contribution in [2.45, 2.75) is 90.3 Å². The molecule has 3 amide bonds. The molecule has 4 rings (SSSR count). The van der Waals surface area contributed by atoms with Crippen molar-refractivity contribution in [1.82, 2.24) is 15.1 Å². The van der Waals surface area contributed by atoms with Crippen molar-refractivity contribution in [3.63, 3.8) is 0 Å². The van der Waals surface area contributed by atoms with E-state index in [0.29, 0.717) is 24.5 Å². The van der Waals surface area contributed by atoms with Gasteiger partial charge in [0, 0.05) is 41.9 Å². The molecule has 37 heavy (non-hydrogen) atoms. The first-order valence-corrected chi connectivity index (χ1v) is 14.0. The Bertz CT molecular complexity index is 1030. The first-order valence-electron chi connectivity index (χ1n) is 13.7. The molecular weight excluding hydrogens is 490 g/mol. The van der Waals surface area contributed by atoms with E-state index in [-0.39, 0.29) is 35.1 Å². The van der Waals surface area contributed by atoms with Crippen molar-refractivity contribution in [2.24, 2.45) is 17.3 Å². The number of nitrogens with zero attached hydrogens (tertiary/aromatic N) is 2. The van der Waals surface area contributed by atoms with Gasteiger partial charge in [-0.3, -0.25) is 19.3 Å². The second-order valence-electron chi connectivity index (χ2n) is 12.4. The highest BCUT2D eigenvalue weighted by molar-refractivity contribution is 6.30. The lowest BCUT2D eigenvalue weighted by Crippen LogP contribution is -2.62. The van der Waals surface area contributed by atoms with Crippen molar-refractivity contribution in [3.05, 3.63) is 34.9 Å². The van der Waals surface area contributed by atoms with E-state index in [2.05, 4.69) is 5.32 Å². The van der Waals surface area contributed by atoms with E-state index in [9.17, 15) is 19.5 Å². The Hall–Kier alpha value is -1.96. The van der Waals surface area contributed by atoms with Crippen LogP contribution in [0.25, 0.3) is 0 Å². The first kappa shape index (κ1) is 28.1. The van der Waals surface area contributed by atoms with E-state index in [1.54, 1.807) is 17.0 Å². The monoisotopic (exact) mass is 531 g/mol. The summed E-state index contributed by atoms with van der Waals surface area (Å²) < 4.78 is 0. The van der Waals surface area contributed by atoms with Gasteiger partial charge in [-0.2, -0.15) is 0 Å². The van der Waals surface area contributed by atoms with Crippen LogP contribution in [0.2, 0.25) is 5.02 Å². The maximum absolute atomic E-state index is 14.0. The molecule has 3 fully saturated rings. The molecule has 0 bridgehead atoms. The van der Waals surface area contributed by atoms with Crippen molar-refractivity contribution in [2.75, 3.05) is 19.6 Å². The number of halogens is 1. The molecule has 1 unspecified atom stereocenters. The number of likely N-dealkylation sites (tertiary alicyclic amines) is 1. The minimum atomic E-state index is -1.13. The van der Waals surface area contributed by atoms with Gasteiger partial charge in [-0.25, -0.2) is 0 Å². The zero-order valence-corrected chi connectivity index (χ0v) is 23.6. The Balaban J connectivity index is 1.54. The summed E-state index contributed by atoms with van der Waals surface area (Å²) in [5, 5.41) is 15.9. The Kier molecular flexibility index (Phi) is 7.82. The highest BCUT2D eigenvalue weighted by Gasteiger charge is 2.52. The van der Waals surface area contributed by atoms with Crippen LogP contribution in [-0.2, 0) is 20.0 Å². The number of aliphatic hydroxyl groups is 1. The summed E-state index contributed by atoms with van der Waals surface area (Å²) in [5.41, 5.74) is -1.02. The summed E-state index contributed by atoms with van der Waals surface area (Å²) in [6.45, 7) is 10.7. The van der Waals surface area contributed by atoms with E-state index < -0.39 is 17.1 Å². The third kappa shape index (κ3) is 5.19. The molecule has 2 heterocycles. The van der Waals surface area contributed by atoms with E-state index in [1.807, 2.05) is 39.8 Å². The second kappa shape index (κ2) is 10.3. The molecule has 8 heteroatoms. The van der Waals surface area contributed by atoms with Crippen LogP contribution in [0.1, 0.15) is 78.7 Å². The van der Waals surface area contributed by atoms with Gasteiger partial charge in [0.1, 0.15) is 6.04 Å². The topological polar surface area (TPSA) is 90.0 Å². The van der Waals surface area contributed by atoms with Gasteiger partial charge in [0.15, 0.2) is 0 Å². The maximum atomic E-state index is 14.0. The van der Waals surface area contributed by atoms with Crippen LogP contribution in [0.4, 0.5) is 0 Å². The number of piperidine rings is 1. The van der Waals surface area contributed by atoms with Crippen LogP contribution >= 0.6 is 11.6 Å². The summed E-state index contributed by atoms with van der Waals surface area (Å²) in [5.74, 6) is -1.32. The predicted molar refractivity (Wildman–Crippen MR) is 144 cm³/mol. The lowest BCUT2D eigenvalue weighted by Gasteiger charge is -2.51. The molecule has 1 spiro atoms. The molecule has 1 aromatic rings. The number of hydrogen-bond acceptors (Lipinski definition) is 5. The van der Waals surface area contributed by atoms with Gasteiger partial charge < -0.3 is 15.3 Å². The van der Waals surface area contributed by atoms with Crippen LogP contribution in [0.3, 0.4) is 0 Å². The summed E-state index contributed by atoms with van der Waals surface area (Å²) in [7, 11) is 0. The molecule has 2 aliphatic heterocycles. The fourth-order valence-corrected chi connectivity index (χ4v) is 7.06. The summed E-state index contributed by atoms with van der Waals surface area (Å²) in [6.07, 6.45) is 4.90. The number of rotatable bonds is 5. The van der Waals surface area contributed by atoms with Gasteiger partial charge in [0.25, 0.3) is 0 Å². The van der Waals surface area contributed by atoms with Crippen molar-refractivity contribution in [1.29, 1.82) is 0 Å². The highest BCUT2D eigenvalue weighted by atomic mass is 35.5. The smallest absolute Gasteiger partial charge is 0.246 e. The molecule has 0 aromatic heterocycles. The largest absolute Gasteiger partial charge is 0.384 e. The van der Waals surface area contributed by atoms with Crippen molar-refractivity contribution < 1.29 is 19.5 Å². The predicted octanol–water partition coefficient (Wildman–Crippen LogP) is 4.11. The fourth-order valence-electron chi connectivity index (χ4n) is 6.93. The Morgan fingerprint density at radius 1 is 1.14 bits per heavy atom. The fraction of sp³-hybridized carbons (Fsp3) is 0.690. The highest BCUT2D eigenvalue weighted by Crippen LogP contribution is 2.47. The number of nitrogens with one attached hydrogen (secondary N) is 1. The average molecular weight is 532 g/mol. The lowest BCUT2D eigenvalue weighted by molar-refractivity contribution is -0.166. The lowest BCUT2D eigenvalue weighted by atomic mass is 9.66. The minimum absolute atomic E-state index is 0.00311. The van der Waals surface area contributed by atoms with E-state index in [4.69, 9.17) is 11.6 Å². The first-order chi connectivity index (χ1) is 17.3. The van der Waals surface area contributed by atoms with Crippen LogP contribution in [-0.4, -0.2) is 63.8 Å². The van der Waals surface area contributed by atoms with E-state index >= 15 is 0 Å². The summed E-state index contributed by atoms with van der Waals surface area (Å²) in [4.78, 5) is 43.6. The number of amides is 3. The van der Waals surface area contributed by atoms with Crippen molar-refractivity contribution in [3.8, 4) is 0 Å². The average Bonchev–Trinajstić information content (AvgIpc) is 3.47. The summed E-state index contributed by atoms with van der Waals surface area (Å²) >= 11 is 6.06. The molecule has 2 N–H and O–H groups in total. The third-order valence-electron chi connectivity index (χ3n) is 9.11. The zero-order valence-electron chi connectivity index (χ0n) is 22.8. The maximum Gasteiger partial charge on any atom is 0.246 e. The SMILES string of the molecule is CC(=O)N(C(=O)[C@@H]1CCC2(CCCN2)C1)[C@@H](C(=O)N1CC[C@](O)(c2ccc(Cl)cc2)C(C)(C)C1)C(C)C. The van der Waals surface area contributed by atoms with Gasteiger partial charge in [-0.05, 0) is 68.7 Å². The molecule has 1 saturated carbocycles. The molecule has 204 valence electrons. The number of benzene rings is 1. The van der Waals surface area contributed by atoms with Crippen LogP contribution < -0.4 is 5.32 Å². The molecule has 7 nitrogen and oxygen atoms in total. The Morgan fingerprint density at radius 3 is 2.35 bits per heavy atom. The van der Waals surface area contributed by atoms with Gasteiger partial charge in [-0.1, -0.05) is 51.4 Å². The normalized spacial score (nSPS) is 30.1. The molecule has 3 aliphatic rings. The van der Waals surface area contributed by atoms with Gasteiger partial charge in [0.2, 0.25) is 17.7 Å². The summed E-state index contributed by atoms with van der Waals surface area (Å²) in [6, 6.07) is 6.34. The molecule has 1 aromatic carbocycles. The minimum Gasteiger partial charge on any atom is -0.384 e. The van der Waals surface area contributed by atoms with E-state index in [0.717, 1.165) is 44.2 Å². The molecule has 1 aliphatic carbocycles. The van der Waals surface area contributed by atoms with Crippen LogP contribution in [0, 0.1) is 17.3 Å².